The predicted molar refractivity (Wildman–Crippen MR) is 63.2 cm³/mol. The lowest BCUT2D eigenvalue weighted by Crippen LogP contribution is -2.44. The quantitative estimate of drug-likeness (QED) is 0.368. The molecule has 0 rings (SSSR count). The summed E-state index contributed by atoms with van der Waals surface area (Å²) in [6.07, 6.45) is 6.69. The predicted octanol–water partition coefficient (Wildman–Crippen LogP) is 2.56. The summed E-state index contributed by atoms with van der Waals surface area (Å²) >= 11 is 0. The minimum absolute atomic E-state index is 0.589. The van der Waals surface area contributed by atoms with E-state index in [-0.39, 0.29) is 0 Å². The van der Waals surface area contributed by atoms with E-state index in [0.717, 1.165) is 25.8 Å². The molecule has 0 aliphatic rings. The second kappa shape index (κ2) is 8.75. The number of nitrogens with one attached hydrogen (secondary N) is 1. The van der Waals surface area contributed by atoms with Gasteiger partial charge in [-0.05, 0) is 19.3 Å². The molecule has 82 valence electrons. The van der Waals surface area contributed by atoms with Crippen molar-refractivity contribution in [1.82, 2.24) is 10.4 Å². The van der Waals surface area contributed by atoms with Crippen molar-refractivity contribution in [1.29, 1.82) is 0 Å². The first-order valence-corrected chi connectivity index (χ1v) is 5.45. The minimum Gasteiger partial charge on any atom is -0.309 e. The van der Waals surface area contributed by atoms with E-state index in [1.165, 1.54) is 6.20 Å². The first kappa shape index (κ1) is 13.2. The first-order valence-electron chi connectivity index (χ1n) is 5.45. The highest BCUT2D eigenvalue weighted by Gasteiger charge is 2.11. The van der Waals surface area contributed by atoms with Gasteiger partial charge in [-0.25, -0.2) is 10.0 Å². The molecule has 0 aliphatic carbocycles. The Labute approximate surface area is 87.9 Å². The zero-order valence-electron chi connectivity index (χ0n) is 9.66. The lowest BCUT2D eigenvalue weighted by molar-refractivity contribution is 0.154. The van der Waals surface area contributed by atoms with E-state index < -0.39 is 0 Å². The molecule has 3 heteroatoms. The molecule has 0 radical (unpaired) electrons. The van der Waals surface area contributed by atoms with Crippen LogP contribution in [-0.4, -0.2) is 23.9 Å². The summed E-state index contributed by atoms with van der Waals surface area (Å²) in [5, 5.41) is 2.24. The molecule has 0 unspecified atom stereocenters. The normalized spacial score (nSPS) is 11.5. The smallest absolute Gasteiger partial charge is 0.102 e. The van der Waals surface area contributed by atoms with E-state index in [9.17, 15) is 0 Å². The highest BCUT2D eigenvalue weighted by atomic mass is 15.5. The van der Waals surface area contributed by atoms with Crippen LogP contribution in [0.4, 0.5) is 0 Å². The molecule has 0 atom stereocenters. The molecule has 0 heterocycles. The second-order valence-corrected chi connectivity index (χ2v) is 3.25. The monoisotopic (exact) mass is 197 g/mol. The van der Waals surface area contributed by atoms with Crippen LogP contribution in [0.25, 0.3) is 0 Å². The Morgan fingerprint density at radius 3 is 2.43 bits per heavy atom. The van der Waals surface area contributed by atoms with Crippen LogP contribution in [0.5, 0.6) is 0 Å². The fourth-order valence-corrected chi connectivity index (χ4v) is 1.48. The fraction of sp³-hybridized carbons (Fsp3) is 0.727. The lowest BCUT2D eigenvalue weighted by Gasteiger charge is -2.29. The highest BCUT2D eigenvalue weighted by molar-refractivity contribution is 5.54. The molecular weight excluding hydrogens is 174 g/mol. The van der Waals surface area contributed by atoms with Crippen molar-refractivity contribution in [2.75, 3.05) is 6.54 Å². The number of nitrogens with zero attached hydrogens (tertiary/aromatic N) is 2. The van der Waals surface area contributed by atoms with E-state index in [2.05, 4.69) is 42.8 Å². The minimum atomic E-state index is 0.589. The van der Waals surface area contributed by atoms with Gasteiger partial charge in [-0.3, -0.25) is 0 Å². The van der Waals surface area contributed by atoms with Crippen LogP contribution >= 0.6 is 0 Å². The average molecular weight is 197 g/mol. The van der Waals surface area contributed by atoms with Gasteiger partial charge in [0.15, 0.2) is 0 Å². The topological polar surface area (TPSA) is 27.6 Å². The summed E-state index contributed by atoms with van der Waals surface area (Å²) in [4.78, 5) is 3.93. The maximum atomic E-state index is 3.93. The van der Waals surface area contributed by atoms with E-state index in [4.69, 9.17) is 0 Å². The molecule has 0 amide bonds. The van der Waals surface area contributed by atoms with Crippen LogP contribution in [0, 0.1) is 0 Å². The van der Waals surface area contributed by atoms with E-state index in [1.54, 1.807) is 6.34 Å². The summed E-state index contributed by atoms with van der Waals surface area (Å²) in [5.74, 6) is 0. The standard InChI is InChI=1S/C11H23N3/c1-5-9-14(11(6-2)7-3)13-10-12-8-4/h8,10-11H,4-7,9H2,1-3H3,(H,12,13). The number of hydrazine groups is 1. The van der Waals surface area contributed by atoms with Crippen LogP contribution in [0.3, 0.4) is 0 Å². The highest BCUT2D eigenvalue weighted by Crippen LogP contribution is 2.05. The van der Waals surface area contributed by atoms with Crippen molar-refractivity contribution < 1.29 is 0 Å². The van der Waals surface area contributed by atoms with E-state index in [0.29, 0.717) is 6.04 Å². The Kier molecular flexibility index (Phi) is 8.24. The molecule has 0 aliphatic heterocycles. The first-order chi connectivity index (χ1) is 6.79. The van der Waals surface area contributed by atoms with Crippen molar-refractivity contribution in [2.24, 2.45) is 4.99 Å². The van der Waals surface area contributed by atoms with Gasteiger partial charge in [0.1, 0.15) is 6.34 Å². The third-order valence-corrected chi connectivity index (χ3v) is 2.25. The third-order valence-electron chi connectivity index (χ3n) is 2.25. The summed E-state index contributed by atoms with van der Waals surface area (Å²) < 4.78 is 0. The molecule has 0 aromatic heterocycles. The van der Waals surface area contributed by atoms with Crippen molar-refractivity contribution in [3.63, 3.8) is 0 Å². The van der Waals surface area contributed by atoms with Crippen LogP contribution in [0.1, 0.15) is 40.0 Å². The van der Waals surface area contributed by atoms with Crippen molar-refractivity contribution >= 4 is 6.34 Å². The second-order valence-electron chi connectivity index (χ2n) is 3.25. The van der Waals surface area contributed by atoms with E-state index in [1.807, 2.05) is 0 Å². The lowest BCUT2D eigenvalue weighted by atomic mass is 10.1. The number of hydrogen-bond donors (Lipinski definition) is 1. The van der Waals surface area contributed by atoms with Gasteiger partial charge in [-0.15, -0.1) is 0 Å². The maximum absolute atomic E-state index is 3.93. The van der Waals surface area contributed by atoms with Gasteiger partial charge in [0.2, 0.25) is 0 Å². The maximum Gasteiger partial charge on any atom is 0.102 e. The SMILES string of the molecule is C=CN=CNN(CCC)C(CC)CC. The molecule has 0 aromatic rings. The van der Waals surface area contributed by atoms with Gasteiger partial charge in [0, 0.05) is 18.8 Å². The molecular formula is C11H23N3. The molecule has 1 N–H and O–H groups in total. The molecule has 3 nitrogen and oxygen atoms in total. The summed E-state index contributed by atoms with van der Waals surface area (Å²) in [6, 6.07) is 0.589. The largest absolute Gasteiger partial charge is 0.309 e. The zero-order valence-corrected chi connectivity index (χ0v) is 9.66. The molecule has 0 bridgehead atoms. The van der Waals surface area contributed by atoms with Crippen LogP contribution in [0.2, 0.25) is 0 Å². The van der Waals surface area contributed by atoms with Gasteiger partial charge in [0.05, 0.1) is 0 Å². The van der Waals surface area contributed by atoms with Gasteiger partial charge >= 0.3 is 0 Å². The molecule has 14 heavy (non-hydrogen) atoms. The number of aliphatic imine (C=N–C) groups is 1. The number of hydrogen-bond acceptors (Lipinski definition) is 2. The molecule has 0 spiro atoms. The average Bonchev–Trinajstić information content (AvgIpc) is 2.20. The summed E-state index contributed by atoms with van der Waals surface area (Å²) in [6.45, 7) is 11.2. The third kappa shape index (κ3) is 5.02. The Hall–Kier alpha value is -0.830. The van der Waals surface area contributed by atoms with Crippen molar-refractivity contribution in [3.8, 4) is 0 Å². The molecule has 0 saturated heterocycles. The van der Waals surface area contributed by atoms with Gasteiger partial charge in [-0.1, -0.05) is 27.4 Å². The molecule has 0 saturated carbocycles. The zero-order chi connectivity index (χ0) is 10.8. The Bertz CT molecular complexity index is 162. The number of rotatable bonds is 8. The van der Waals surface area contributed by atoms with Gasteiger partial charge < -0.3 is 5.43 Å². The fourth-order valence-electron chi connectivity index (χ4n) is 1.48. The molecule has 0 fully saturated rings. The van der Waals surface area contributed by atoms with Crippen molar-refractivity contribution in [3.05, 3.63) is 12.8 Å². The summed E-state index contributed by atoms with van der Waals surface area (Å²) in [7, 11) is 0. The Morgan fingerprint density at radius 2 is 2.00 bits per heavy atom. The van der Waals surface area contributed by atoms with Gasteiger partial charge in [-0.2, -0.15) is 0 Å². The van der Waals surface area contributed by atoms with Crippen molar-refractivity contribution in [2.45, 2.75) is 46.1 Å². The Morgan fingerprint density at radius 1 is 1.36 bits per heavy atom. The Balaban J connectivity index is 4.10. The van der Waals surface area contributed by atoms with Crippen LogP contribution in [0.15, 0.2) is 17.8 Å². The van der Waals surface area contributed by atoms with E-state index >= 15 is 0 Å². The summed E-state index contributed by atoms with van der Waals surface area (Å²) in [5.41, 5.74) is 3.19. The van der Waals surface area contributed by atoms with Gasteiger partial charge in [0.25, 0.3) is 0 Å². The van der Waals surface area contributed by atoms with Crippen LogP contribution in [-0.2, 0) is 0 Å². The molecule has 0 aromatic carbocycles. The van der Waals surface area contributed by atoms with Crippen LogP contribution < -0.4 is 5.43 Å².